The molecule has 3 rings (SSSR count). The van der Waals surface area contributed by atoms with E-state index in [0.29, 0.717) is 28.7 Å². The van der Waals surface area contributed by atoms with Crippen molar-refractivity contribution in [1.82, 2.24) is 14.5 Å². The molecule has 12 heteroatoms. The van der Waals surface area contributed by atoms with Crippen LogP contribution >= 0.6 is 23.1 Å². The number of para-hydroxylation sites is 1. The van der Waals surface area contributed by atoms with Crippen LogP contribution in [0.2, 0.25) is 0 Å². The van der Waals surface area contributed by atoms with E-state index < -0.39 is 15.9 Å². The van der Waals surface area contributed by atoms with Gasteiger partial charge in [-0.2, -0.15) is 4.31 Å². The summed E-state index contributed by atoms with van der Waals surface area (Å²) in [5.41, 5.74) is 1.00. The highest BCUT2D eigenvalue weighted by Crippen LogP contribution is 2.26. The molecule has 0 atom stereocenters. The summed E-state index contributed by atoms with van der Waals surface area (Å²) in [7, 11) is -3.59. The summed E-state index contributed by atoms with van der Waals surface area (Å²) >= 11 is 2.36. The lowest BCUT2D eigenvalue weighted by Gasteiger charge is -2.18. The topological polar surface area (TPSA) is 121 Å². The van der Waals surface area contributed by atoms with Crippen LogP contribution in [-0.4, -0.2) is 53.6 Å². The second-order valence-corrected chi connectivity index (χ2v) is 10.8. The fourth-order valence-electron chi connectivity index (χ4n) is 2.82. The minimum Gasteiger partial charge on any atom is -0.325 e. The highest BCUT2D eigenvalue weighted by atomic mass is 32.2. The molecular weight excluding hydrogens is 482 g/mol. The van der Waals surface area contributed by atoms with Gasteiger partial charge in [0.15, 0.2) is 4.34 Å². The lowest BCUT2D eigenvalue weighted by molar-refractivity contribution is -0.113. The number of thioether (sulfide) groups is 1. The second-order valence-electron chi connectivity index (χ2n) is 6.64. The Kier molecular flexibility index (Phi) is 8.55. The number of hydrogen-bond acceptors (Lipinski definition) is 8. The van der Waals surface area contributed by atoms with E-state index >= 15 is 0 Å². The average molecular weight is 506 g/mol. The Hall–Kier alpha value is -2.80. The van der Waals surface area contributed by atoms with E-state index in [9.17, 15) is 18.0 Å². The number of aromatic nitrogens is 2. The Bertz CT molecular complexity index is 1190. The standard InChI is InChI=1S/C21H23N5O4S3/c1-3-26(4-2)33(29,30)17-12-10-15(11-13-17)19(28)23-20-24-25-21(32-20)31-14-18(27)22-16-8-6-5-7-9-16/h5-13H,3-4,14H2,1-2H3,(H,22,27)(H,23,24,28). The quantitative estimate of drug-likeness (QED) is 0.319. The number of rotatable bonds is 10. The molecule has 9 nitrogen and oxygen atoms in total. The minimum absolute atomic E-state index is 0.131. The van der Waals surface area contributed by atoms with Crippen LogP contribution in [0.15, 0.2) is 63.8 Å². The van der Waals surface area contributed by atoms with E-state index in [0.717, 1.165) is 11.3 Å². The third kappa shape index (κ3) is 6.60. The Morgan fingerprint density at radius 2 is 1.64 bits per heavy atom. The zero-order valence-corrected chi connectivity index (χ0v) is 20.5. The summed E-state index contributed by atoms with van der Waals surface area (Å²) in [5.74, 6) is -0.456. The van der Waals surface area contributed by atoms with Crippen molar-refractivity contribution < 1.29 is 18.0 Å². The third-order valence-electron chi connectivity index (χ3n) is 4.47. The summed E-state index contributed by atoms with van der Waals surface area (Å²) in [6, 6.07) is 14.9. The van der Waals surface area contributed by atoms with Crippen molar-refractivity contribution in [3.63, 3.8) is 0 Å². The van der Waals surface area contributed by atoms with E-state index in [1.54, 1.807) is 26.0 Å². The molecule has 0 unspecified atom stereocenters. The molecule has 2 amide bonds. The molecule has 2 aromatic carbocycles. The molecule has 0 fully saturated rings. The number of nitrogens with one attached hydrogen (secondary N) is 2. The summed E-state index contributed by atoms with van der Waals surface area (Å²) in [5, 5.41) is 13.6. The Morgan fingerprint density at radius 3 is 2.27 bits per heavy atom. The number of benzene rings is 2. The molecule has 0 saturated heterocycles. The first-order valence-electron chi connectivity index (χ1n) is 10.1. The predicted octanol–water partition coefficient (Wildman–Crippen LogP) is 3.55. The Morgan fingerprint density at radius 1 is 0.970 bits per heavy atom. The maximum atomic E-state index is 12.6. The molecule has 0 aliphatic carbocycles. The lowest BCUT2D eigenvalue weighted by Crippen LogP contribution is -2.30. The summed E-state index contributed by atoms with van der Waals surface area (Å²) < 4.78 is 27.0. The van der Waals surface area contributed by atoms with Crippen LogP contribution < -0.4 is 10.6 Å². The van der Waals surface area contributed by atoms with Gasteiger partial charge in [0.2, 0.25) is 21.1 Å². The number of amides is 2. The van der Waals surface area contributed by atoms with Gasteiger partial charge in [-0.25, -0.2) is 8.42 Å². The van der Waals surface area contributed by atoms with E-state index in [4.69, 9.17) is 0 Å². The van der Waals surface area contributed by atoms with Crippen molar-refractivity contribution in [3.05, 3.63) is 60.2 Å². The van der Waals surface area contributed by atoms with Gasteiger partial charge >= 0.3 is 0 Å². The summed E-state index contributed by atoms with van der Waals surface area (Å²) in [6.07, 6.45) is 0. The highest BCUT2D eigenvalue weighted by molar-refractivity contribution is 8.01. The van der Waals surface area contributed by atoms with Crippen LogP contribution in [0.5, 0.6) is 0 Å². The summed E-state index contributed by atoms with van der Waals surface area (Å²) in [4.78, 5) is 24.7. The number of nitrogens with zero attached hydrogens (tertiary/aromatic N) is 3. The molecule has 0 radical (unpaired) electrons. The molecular formula is C21H23N5O4S3. The van der Waals surface area contributed by atoms with E-state index in [-0.39, 0.29) is 21.7 Å². The van der Waals surface area contributed by atoms with E-state index in [1.807, 2.05) is 18.2 Å². The van der Waals surface area contributed by atoms with Gasteiger partial charge in [0, 0.05) is 24.3 Å². The fraction of sp³-hybridized carbons (Fsp3) is 0.238. The predicted molar refractivity (Wildman–Crippen MR) is 130 cm³/mol. The van der Waals surface area contributed by atoms with Gasteiger partial charge in [-0.05, 0) is 36.4 Å². The molecule has 0 saturated carbocycles. The van der Waals surface area contributed by atoms with Crippen molar-refractivity contribution in [2.75, 3.05) is 29.5 Å². The first-order chi connectivity index (χ1) is 15.8. The maximum absolute atomic E-state index is 12.6. The van der Waals surface area contributed by atoms with Crippen LogP contribution in [0, 0.1) is 0 Å². The molecule has 2 N–H and O–H groups in total. The minimum atomic E-state index is -3.59. The third-order valence-corrected chi connectivity index (χ3v) is 8.51. The molecule has 0 bridgehead atoms. The number of carbonyl (C=O) groups excluding carboxylic acids is 2. The molecule has 1 aromatic heterocycles. The molecule has 33 heavy (non-hydrogen) atoms. The molecule has 3 aromatic rings. The average Bonchev–Trinajstić information content (AvgIpc) is 3.26. The van der Waals surface area contributed by atoms with Crippen molar-refractivity contribution in [2.24, 2.45) is 0 Å². The first kappa shape index (κ1) is 24.8. The zero-order chi connectivity index (χ0) is 23.8. The summed E-state index contributed by atoms with van der Waals surface area (Å²) in [6.45, 7) is 4.28. The highest BCUT2D eigenvalue weighted by Gasteiger charge is 2.22. The second kappa shape index (κ2) is 11.4. The van der Waals surface area contributed by atoms with Gasteiger partial charge in [0.1, 0.15) is 0 Å². The normalized spacial score (nSPS) is 11.4. The van der Waals surface area contributed by atoms with Gasteiger partial charge in [-0.3, -0.25) is 14.9 Å². The van der Waals surface area contributed by atoms with Crippen molar-refractivity contribution >= 4 is 55.8 Å². The molecule has 1 heterocycles. The molecule has 0 spiro atoms. The van der Waals surface area contributed by atoms with Crippen LogP contribution in [0.25, 0.3) is 0 Å². The zero-order valence-electron chi connectivity index (χ0n) is 18.0. The van der Waals surface area contributed by atoms with Crippen molar-refractivity contribution in [1.29, 1.82) is 0 Å². The SMILES string of the molecule is CCN(CC)S(=O)(=O)c1ccc(C(=O)Nc2nnc(SCC(=O)Nc3ccccc3)s2)cc1. The number of anilines is 2. The van der Waals surface area contributed by atoms with E-state index in [2.05, 4.69) is 20.8 Å². The van der Waals surface area contributed by atoms with Gasteiger partial charge in [0.05, 0.1) is 10.6 Å². The van der Waals surface area contributed by atoms with Crippen LogP contribution in [0.4, 0.5) is 10.8 Å². The molecule has 174 valence electrons. The van der Waals surface area contributed by atoms with Gasteiger partial charge < -0.3 is 5.32 Å². The van der Waals surface area contributed by atoms with Gasteiger partial charge in [0.25, 0.3) is 5.91 Å². The number of hydrogen-bond donors (Lipinski definition) is 2. The van der Waals surface area contributed by atoms with E-state index in [1.165, 1.54) is 40.3 Å². The lowest BCUT2D eigenvalue weighted by atomic mass is 10.2. The Balaban J connectivity index is 1.55. The van der Waals surface area contributed by atoms with Crippen LogP contribution in [-0.2, 0) is 14.8 Å². The molecule has 0 aliphatic rings. The molecule has 0 aliphatic heterocycles. The first-order valence-corrected chi connectivity index (χ1v) is 13.3. The monoisotopic (exact) mass is 505 g/mol. The number of sulfonamides is 1. The maximum Gasteiger partial charge on any atom is 0.257 e. The van der Waals surface area contributed by atoms with Gasteiger partial charge in [-0.15, -0.1) is 10.2 Å². The number of carbonyl (C=O) groups is 2. The van der Waals surface area contributed by atoms with Crippen molar-refractivity contribution in [2.45, 2.75) is 23.1 Å². The smallest absolute Gasteiger partial charge is 0.257 e. The van der Waals surface area contributed by atoms with Gasteiger partial charge in [-0.1, -0.05) is 55.1 Å². The van der Waals surface area contributed by atoms with Crippen LogP contribution in [0.3, 0.4) is 0 Å². The Labute approximate surface area is 200 Å². The largest absolute Gasteiger partial charge is 0.325 e. The van der Waals surface area contributed by atoms with Crippen molar-refractivity contribution in [3.8, 4) is 0 Å². The van der Waals surface area contributed by atoms with Crippen LogP contribution in [0.1, 0.15) is 24.2 Å². The fourth-order valence-corrected chi connectivity index (χ4v) is 5.83.